The topological polar surface area (TPSA) is 100 Å². The van der Waals surface area contributed by atoms with Crippen molar-refractivity contribution in [3.8, 4) is 0 Å². The lowest BCUT2D eigenvalue weighted by molar-refractivity contribution is -0.122. The van der Waals surface area contributed by atoms with Crippen molar-refractivity contribution in [1.29, 1.82) is 0 Å². The zero-order valence-electron chi connectivity index (χ0n) is 18.3. The van der Waals surface area contributed by atoms with Crippen LogP contribution >= 0.6 is 24.0 Å². The van der Waals surface area contributed by atoms with Gasteiger partial charge in [0.25, 0.3) is 11.5 Å². The maximum atomic E-state index is 13.4. The molecule has 4 heterocycles. The molecule has 1 aromatic carbocycles. The molecule has 1 fully saturated rings. The summed E-state index contributed by atoms with van der Waals surface area (Å²) < 4.78 is 7.13. The molecule has 0 bridgehead atoms. The molecule has 3 aromatic heterocycles. The lowest BCUT2D eigenvalue weighted by atomic mass is 10.1. The monoisotopic (exact) mass is 504 g/mol. The number of hydrogen-bond acceptors (Lipinski definition) is 8. The lowest BCUT2D eigenvalue weighted by Gasteiger charge is -2.15. The first-order chi connectivity index (χ1) is 17.0. The van der Waals surface area contributed by atoms with Crippen LogP contribution in [0.1, 0.15) is 23.0 Å². The van der Waals surface area contributed by atoms with E-state index in [9.17, 15) is 14.7 Å². The molecule has 0 saturated carbocycles. The molecule has 1 atom stereocenters. The minimum Gasteiger partial charge on any atom is -0.467 e. The molecule has 1 aliphatic rings. The number of thiocarbonyl (C=S) groups is 1. The number of carbonyl (C=O) groups excluding carboxylic acids is 1. The summed E-state index contributed by atoms with van der Waals surface area (Å²) in [6.07, 6.45) is 3.85. The van der Waals surface area contributed by atoms with Crippen LogP contribution in [0.4, 0.5) is 5.82 Å². The summed E-state index contributed by atoms with van der Waals surface area (Å²) in [7, 11) is 0. The van der Waals surface area contributed by atoms with E-state index in [1.807, 2.05) is 30.3 Å². The van der Waals surface area contributed by atoms with Crippen LogP contribution in [0.15, 0.2) is 87.2 Å². The number of pyridine rings is 1. The number of hydrogen-bond donors (Lipinski definition) is 2. The number of amides is 1. The fourth-order valence-corrected chi connectivity index (χ4v) is 4.92. The first kappa shape index (κ1) is 23.0. The van der Waals surface area contributed by atoms with E-state index >= 15 is 0 Å². The molecule has 0 spiro atoms. The number of furan rings is 1. The number of thioether (sulfide) groups is 1. The number of aliphatic hydroxyl groups excluding tert-OH is 1. The lowest BCUT2D eigenvalue weighted by Crippen LogP contribution is -2.27. The summed E-state index contributed by atoms with van der Waals surface area (Å²) in [4.78, 5) is 32.8. The molecule has 35 heavy (non-hydrogen) atoms. The van der Waals surface area contributed by atoms with Crippen molar-refractivity contribution in [3.05, 3.63) is 105 Å². The normalized spacial score (nSPS) is 15.8. The third kappa shape index (κ3) is 4.76. The van der Waals surface area contributed by atoms with Gasteiger partial charge in [-0.05, 0) is 35.9 Å². The van der Waals surface area contributed by atoms with Crippen LogP contribution in [0.3, 0.4) is 0 Å². The molecule has 1 aliphatic heterocycles. The average molecular weight is 505 g/mol. The van der Waals surface area contributed by atoms with Gasteiger partial charge in [0.05, 0.1) is 29.4 Å². The molecule has 176 valence electrons. The number of nitrogens with one attached hydrogen (secondary N) is 1. The Labute approximate surface area is 209 Å². The molecule has 2 N–H and O–H groups in total. The van der Waals surface area contributed by atoms with Gasteiger partial charge >= 0.3 is 0 Å². The zero-order valence-corrected chi connectivity index (χ0v) is 20.0. The van der Waals surface area contributed by atoms with Crippen LogP contribution in [-0.4, -0.2) is 36.2 Å². The van der Waals surface area contributed by atoms with Crippen LogP contribution in [0, 0.1) is 0 Å². The zero-order chi connectivity index (χ0) is 24.4. The van der Waals surface area contributed by atoms with Crippen LogP contribution in [0.25, 0.3) is 11.7 Å². The highest BCUT2D eigenvalue weighted by Gasteiger charge is 2.33. The Morgan fingerprint density at radius 1 is 1.11 bits per heavy atom. The Morgan fingerprint density at radius 2 is 1.91 bits per heavy atom. The second-order valence-corrected chi connectivity index (χ2v) is 9.44. The van der Waals surface area contributed by atoms with Gasteiger partial charge in [-0.15, -0.1) is 0 Å². The standard InChI is InChI=1S/C25H20N4O4S2/c30-19(16-7-2-1-3-8-16)14-26-22-18(23(31)28-11-5-4-10-21(28)27-22)13-20-24(32)29(25(34)35-20)15-17-9-6-12-33-17/h1-13,19,26,30H,14-15H2/b20-13-/t19-/m1/s1. The Bertz CT molecular complexity index is 1480. The van der Waals surface area contributed by atoms with Crippen molar-refractivity contribution in [3.63, 3.8) is 0 Å². The highest BCUT2D eigenvalue weighted by Crippen LogP contribution is 2.34. The van der Waals surface area contributed by atoms with Crippen molar-refractivity contribution in [1.82, 2.24) is 14.3 Å². The van der Waals surface area contributed by atoms with Gasteiger partial charge in [0.2, 0.25) is 0 Å². The number of rotatable bonds is 7. The van der Waals surface area contributed by atoms with E-state index < -0.39 is 6.10 Å². The van der Waals surface area contributed by atoms with Gasteiger partial charge in [-0.3, -0.25) is 18.9 Å². The summed E-state index contributed by atoms with van der Waals surface area (Å²) in [6.45, 7) is 0.331. The van der Waals surface area contributed by atoms with Gasteiger partial charge in [-0.2, -0.15) is 0 Å². The van der Waals surface area contributed by atoms with Gasteiger partial charge < -0.3 is 14.8 Å². The van der Waals surface area contributed by atoms with E-state index in [-0.39, 0.29) is 35.9 Å². The Balaban J connectivity index is 1.49. The van der Waals surface area contributed by atoms with Crippen molar-refractivity contribution in [2.24, 2.45) is 0 Å². The smallest absolute Gasteiger partial charge is 0.267 e. The predicted octanol–water partition coefficient (Wildman–Crippen LogP) is 3.83. The van der Waals surface area contributed by atoms with E-state index in [1.54, 1.807) is 36.5 Å². The summed E-state index contributed by atoms with van der Waals surface area (Å²) >= 11 is 6.52. The summed E-state index contributed by atoms with van der Waals surface area (Å²) in [5, 5.41) is 13.7. The second-order valence-electron chi connectivity index (χ2n) is 7.76. The Hall–Kier alpha value is -3.73. The van der Waals surface area contributed by atoms with Crippen LogP contribution < -0.4 is 10.9 Å². The SMILES string of the molecule is O=C1/C(=C/c2c(NC[C@@H](O)c3ccccc3)nc3ccccn3c2=O)SC(=S)N1Cc1ccco1. The molecule has 0 radical (unpaired) electrons. The second kappa shape index (κ2) is 9.87. The largest absolute Gasteiger partial charge is 0.467 e. The fraction of sp³-hybridized carbons (Fsp3) is 0.120. The minimum atomic E-state index is -0.813. The molecule has 1 saturated heterocycles. The number of aliphatic hydroxyl groups is 1. The molecule has 8 nitrogen and oxygen atoms in total. The molecule has 4 aromatic rings. The van der Waals surface area contributed by atoms with E-state index in [0.717, 1.165) is 17.3 Å². The van der Waals surface area contributed by atoms with Crippen molar-refractivity contribution < 1.29 is 14.3 Å². The van der Waals surface area contributed by atoms with E-state index in [1.165, 1.54) is 21.6 Å². The number of carbonyl (C=O) groups is 1. The van der Waals surface area contributed by atoms with Crippen molar-refractivity contribution >= 4 is 51.7 Å². The summed E-state index contributed by atoms with van der Waals surface area (Å²) in [5.74, 6) is 0.559. The van der Waals surface area contributed by atoms with Gasteiger partial charge in [0.1, 0.15) is 21.5 Å². The summed E-state index contributed by atoms with van der Waals surface area (Å²) in [5.41, 5.74) is 1.03. The Morgan fingerprint density at radius 3 is 2.69 bits per heavy atom. The van der Waals surface area contributed by atoms with Crippen LogP contribution in [0.5, 0.6) is 0 Å². The number of anilines is 1. The van der Waals surface area contributed by atoms with Gasteiger partial charge in [0, 0.05) is 12.7 Å². The van der Waals surface area contributed by atoms with E-state index in [4.69, 9.17) is 16.6 Å². The van der Waals surface area contributed by atoms with E-state index in [0.29, 0.717) is 20.6 Å². The van der Waals surface area contributed by atoms with Crippen molar-refractivity contribution in [2.75, 3.05) is 11.9 Å². The van der Waals surface area contributed by atoms with Gasteiger partial charge in [-0.1, -0.05) is 60.4 Å². The van der Waals surface area contributed by atoms with Gasteiger partial charge in [0.15, 0.2) is 0 Å². The minimum absolute atomic E-state index is 0.125. The van der Waals surface area contributed by atoms with Gasteiger partial charge in [-0.25, -0.2) is 4.98 Å². The molecular weight excluding hydrogens is 484 g/mol. The quantitative estimate of drug-likeness (QED) is 0.289. The number of fused-ring (bicyclic) bond motifs is 1. The first-order valence-electron chi connectivity index (χ1n) is 10.8. The fourth-order valence-electron chi connectivity index (χ4n) is 3.68. The molecular formula is C25H20N4O4S2. The maximum absolute atomic E-state index is 13.4. The number of aromatic nitrogens is 2. The molecule has 0 unspecified atom stereocenters. The predicted molar refractivity (Wildman–Crippen MR) is 139 cm³/mol. The third-order valence-corrected chi connectivity index (χ3v) is 6.84. The highest BCUT2D eigenvalue weighted by molar-refractivity contribution is 8.26. The van der Waals surface area contributed by atoms with Crippen LogP contribution in [0.2, 0.25) is 0 Å². The summed E-state index contributed by atoms with van der Waals surface area (Å²) in [6, 6.07) is 17.9. The molecule has 1 amide bonds. The Kier molecular flexibility index (Phi) is 6.49. The first-order valence-corrected chi connectivity index (χ1v) is 12.0. The molecule has 5 rings (SSSR count). The van der Waals surface area contributed by atoms with Crippen LogP contribution in [-0.2, 0) is 11.3 Å². The number of benzene rings is 1. The molecule has 0 aliphatic carbocycles. The maximum Gasteiger partial charge on any atom is 0.267 e. The molecule has 10 heteroatoms. The highest BCUT2D eigenvalue weighted by atomic mass is 32.2. The third-order valence-electron chi connectivity index (χ3n) is 5.46. The average Bonchev–Trinajstić information content (AvgIpc) is 3.49. The number of nitrogens with zero attached hydrogens (tertiary/aromatic N) is 3. The van der Waals surface area contributed by atoms with Crippen molar-refractivity contribution in [2.45, 2.75) is 12.6 Å². The van der Waals surface area contributed by atoms with E-state index in [2.05, 4.69) is 10.3 Å².